The van der Waals surface area contributed by atoms with Crippen molar-refractivity contribution in [2.75, 3.05) is 0 Å². The minimum atomic E-state index is -0.781. The first-order chi connectivity index (χ1) is 16.1. The maximum Gasteiger partial charge on any atom is 0.238 e. The van der Waals surface area contributed by atoms with Crippen molar-refractivity contribution < 1.29 is 9.47 Å². The summed E-state index contributed by atoms with van der Waals surface area (Å²) in [5.41, 5.74) is -2.72. The Morgan fingerprint density at radius 1 is 0.417 bits per heavy atom. The highest BCUT2D eigenvalue weighted by Crippen LogP contribution is 2.40. The Morgan fingerprint density at radius 2 is 0.639 bits per heavy atom. The maximum atomic E-state index is 13.8. The molecule has 0 saturated carbocycles. The molecule has 2 aliphatic rings. The van der Waals surface area contributed by atoms with Crippen LogP contribution in [0.2, 0.25) is 0 Å². The van der Waals surface area contributed by atoms with Gasteiger partial charge in [0.2, 0.25) is 16.3 Å². The molecule has 194 valence electrons. The van der Waals surface area contributed by atoms with Crippen molar-refractivity contribution in [3.8, 4) is 0 Å². The number of rotatable bonds is 0. The van der Waals surface area contributed by atoms with Gasteiger partial charge in [0.15, 0.2) is 0 Å². The molecule has 5 heteroatoms. The summed E-state index contributed by atoms with van der Waals surface area (Å²) in [7, 11) is 0. The first-order valence-electron chi connectivity index (χ1n) is 12.5. The van der Waals surface area contributed by atoms with Crippen LogP contribution in [0.1, 0.15) is 83.1 Å². The molecule has 5 nitrogen and oxygen atoms in total. The molecular weight excluding hydrogens is 452 g/mol. The Bertz CT molecular complexity index is 1310. The van der Waals surface area contributed by atoms with E-state index in [0.717, 1.165) is 0 Å². The second-order valence-electron chi connectivity index (χ2n) is 13.9. The SMILES string of the molecule is CC(C)(C)C1=CC(=c2c(=O)c(=O)c(=C3C=C(C(C)(C)C)OC(C(C)(C)C)=C3)c2=O)C=C(C(C)(C)C)O1. The first-order valence-corrected chi connectivity index (χ1v) is 12.5. The largest absolute Gasteiger partial charge is 0.465 e. The van der Waals surface area contributed by atoms with E-state index in [1.807, 2.05) is 83.1 Å². The smallest absolute Gasteiger partial charge is 0.238 e. The fourth-order valence-corrected chi connectivity index (χ4v) is 3.85. The zero-order valence-electron chi connectivity index (χ0n) is 23.9. The highest BCUT2D eigenvalue weighted by molar-refractivity contribution is 5.73. The molecular formula is C31H40O5. The Balaban J connectivity index is 2.54. The van der Waals surface area contributed by atoms with E-state index >= 15 is 0 Å². The van der Waals surface area contributed by atoms with E-state index in [2.05, 4.69) is 0 Å². The van der Waals surface area contributed by atoms with Crippen molar-refractivity contribution in [1.82, 2.24) is 0 Å². The monoisotopic (exact) mass is 492 g/mol. The molecule has 0 atom stereocenters. The van der Waals surface area contributed by atoms with Crippen molar-refractivity contribution >= 4 is 11.1 Å². The van der Waals surface area contributed by atoms with Crippen molar-refractivity contribution in [2.45, 2.75) is 83.1 Å². The van der Waals surface area contributed by atoms with Crippen LogP contribution in [0.5, 0.6) is 0 Å². The molecule has 1 aromatic carbocycles. The van der Waals surface area contributed by atoms with E-state index in [1.54, 1.807) is 24.3 Å². The van der Waals surface area contributed by atoms with Crippen LogP contribution in [-0.2, 0) is 9.47 Å². The van der Waals surface area contributed by atoms with Crippen LogP contribution in [-0.4, -0.2) is 0 Å². The molecule has 0 spiro atoms. The Morgan fingerprint density at radius 3 is 0.833 bits per heavy atom. The van der Waals surface area contributed by atoms with Crippen LogP contribution < -0.4 is 26.7 Å². The average molecular weight is 493 g/mol. The van der Waals surface area contributed by atoms with E-state index < -0.39 is 16.3 Å². The van der Waals surface area contributed by atoms with Gasteiger partial charge in [0.1, 0.15) is 23.0 Å². The van der Waals surface area contributed by atoms with E-state index in [9.17, 15) is 14.4 Å². The molecule has 0 aliphatic carbocycles. The second kappa shape index (κ2) is 8.57. The molecule has 0 N–H and O–H groups in total. The highest BCUT2D eigenvalue weighted by Gasteiger charge is 2.32. The summed E-state index contributed by atoms with van der Waals surface area (Å²) in [6.45, 7) is 24.0. The van der Waals surface area contributed by atoms with E-state index in [0.29, 0.717) is 34.2 Å². The number of hydrogen-bond donors (Lipinski definition) is 0. The van der Waals surface area contributed by atoms with Gasteiger partial charge in [-0.3, -0.25) is 14.4 Å². The zero-order valence-corrected chi connectivity index (χ0v) is 23.9. The van der Waals surface area contributed by atoms with Crippen LogP contribution in [0.15, 0.2) is 61.7 Å². The third-order valence-corrected chi connectivity index (χ3v) is 6.23. The minimum Gasteiger partial charge on any atom is -0.465 e. The summed E-state index contributed by atoms with van der Waals surface area (Å²) < 4.78 is 12.4. The minimum absolute atomic E-state index is 0.0998. The summed E-state index contributed by atoms with van der Waals surface area (Å²) >= 11 is 0. The lowest BCUT2D eigenvalue weighted by molar-refractivity contribution is 0.162. The molecule has 0 unspecified atom stereocenters. The molecule has 0 bridgehead atoms. The van der Waals surface area contributed by atoms with E-state index in [-0.39, 0.29) is 32.1 Å². The van der Waals surface area contributed by atoms with Gasteiger partial charge >= 0.3 is 0 Å². The van der Waals surface area contributed by atoms with E-state index in [1.165, 1.54) is 0 Å². The fourth-order valence-electron chi connectivity index (χ4n) is 3.85. The molecule has 36 heavy (non-hydrogen) atoms. The molecule has 0 aromatic heterocycles. The van der Waals surface area contributed by atoms with E-state index in [4.69, 9.17) is 9.47 Å². The fraction of sp³-hybridized carbons (Fsp3) is 0.516. The molecule has 0 fully saturated rings. The summed E-state index contributed by atoms with van der Waals surface area (Å²) in [4.78, 5) is 40.4. The number of hydrogen-bond acceptors (Lipinski definition) is 5. The summed E-state index contributed by atoms with van der Waals surface area (Å²) in [6, 6.07) is 0. The van der Waals surface area contributed by atoms with Crippen LogP contribution in [0.4, 0.5) is 0 Å². The van der Waals surface area contributed by atoms with Crippen LogP contribution in [0.25, 0.3) is 11.1 Å². The summed E-state index contributed by atoms with van der Waals surface area (Å²) in [5.74, 6) is 2.56. The molecule has 0 amide bonds. The normalized spacial score (nSPS) is 17.7. The van der Waals surface area contributed by atoms with Gasteiger partial charge in [0.05, 0.1) is 10.4 Å². The third kappa shape index (κ3) is 5.25. The summed E-state index contributed by atoms with van der Waals surface area (Å²) in [6.07, 6.45) is 6.88. The molecule has 3 rings (SSSR count). The van der Waals surface area contributed by atoms with Gasteiger partial charge in [-0.1, -0.05) is 83.1 Å². The number of allylic oxidation sites excluding steroid dienone is 8. The van der Waals surface area contributed by atoms with Gasteiger partial charge in [-0.15, -0.1) is 0 Å². The lowest BCUT2D eigenvalue weighted by Crippen LogP contribution is -2.39. The average Bonchev–Trinajstić information content (AvgIpc) is 2.93. The summed E-state index contributed by atoms with van der Waals surface area (Å²) in [5, 5.41) is -0.200. The Kier molecular flexibility index (Phi) is 6.58. The highest BCUT2D eigenvalue weighted by atomic mass is 16.5. The van der Waals surface area contributed by atoms with Crippen molar-refractivity contribution in [1.29, 1.82) is 0 Å². The molecule has 0 radical (unpaired) electrons. The standard InChI is InChI=1S/C31H40O5/c1-28(2,3)19-13-17(14-20(35-19)29(4,5)6)23-25(32)24(27(34)26(23)33)18-15-21(30(7,8)9)36-22(16-18)31(10,11)12/h13-16H,1-12H3. The molecule has 1 aromatic rings. The predicted octanol–water partition coefficient (Wildman–Crippen LogP) is 4.72. The number of ether oxygens (including phenoxy) is 2. The molecule has 0 saturated heterocycles. The zero-order chi connectivity index (χ0) is 27.6. The van der Waals surface area contributed by atoms with Gasteiger partial charge in [-0.05, 0) is 35.5 Å². The molecule has 2 aliphatic heterocycles. The van der Waals surface area contributed by atoms with Gasteiger partial charge in [-0.2, -0.15) is 0 Å². The predicted molar refractivity (Wildman–Crippen MR) is 146 cm³/mol. The topological polar surface area (TPSA) is 69.7 Å². The van der Waals surface area contributed by atoms with Crippen LogP contribution >= 0.6 is 0 Å². The third-order valence-electron chi connectivity index (χ3n) is 6.23. The Labute approximate surface area is 213 Å². The maximum absolute atomic E-state index is 13.8. The van der Waals surface area contributed by atoms with Gasteiger partial charge in [0.25, 0.3) is 0 Å². The quantitative estimate of drug-likeness (QED) is 0.490. The van der Waals surface area contributed by atoms with Gasteiger partial charge in [0, 0.05) is 21.7 Å². The van der Waals surface area contributed by atoms with Crippen molar-refractivity contribution in [2.24, 2.45) is 21.7 Å². The lowest BCUT2D eigenvalue weighted by Gasteiger charge is -2.32. The van der Waals surface area contributed by atoms with Crippen molar-refractivity contribution in [3.63, 3.8) is 0 Å². The van der Waals surface area contributed by atoms with Crippen LogP contribution in [0.3, 0.4) is 0 Å². The second-order valence-corrected chi connectivity index (χ2v) is 13.9. The van der Waals surface area contributed by atoms with Gasteiger partial charge in [-0.25, -0.2) is 0 Å². The Hall–Kier alpha value is -2.95. The molecule has 2 heterocycles. The lowest BCUT2D eigenvalue weighted by atomic mass is 9.86. The first kappa shape index (κ1) is 27.6. The van der Waals surface area contributed by atoms with Crippen molar-refractivity contribution in [3.05, 3.63) is 88.4 Å². The van der Waals surface area contributed by atoms with Gasteiger partial charge < -0.3 is 9.47 Å². The van der Waals surface area contributed by atoms with Crippen LogP contribution in [0, 0.1) is 21.7 Å².